The van der Waals surface area contributed by atoms with Gasteiger partial charge in [0.15, 0.2) is 0 Å². The summed E-state index contributed by atoms with van der Waals surface area (Å²) in [4.78, 5) is 12.1. The van der Waals surface area contributed by atoms with Crippen LogP contribution in [-0.2, 0) is 17.8 Å². The Hall–Kier alpha value is -2.18. The van der Waals surface area contributed by atoms with E-state index < -0.39 is 18.8 Å². The van der Waals surface area contributed by atoms with Crippen molar-refractivity contribution >= 4 is 18.5 Å². The topological polar surface area (TPSA) is 58.6 Å². The Morgan fingerprint density at radius 1 is 1.33 bits per heavy atom. The van der Waals surface area contributed by atoms with Crippen LogP contribution in [0.2, 0.25) is 0 Å². The number of hydrogen-bond acceptors (Lipinski definition) is 3. The van der Waals surface area contributed by atoms with Gasteiger partial charge in [-0.25, -0.2) is 4.39 Å². The van der Waals surface area contributed by atoms with Crippen LogP contribution < -0.4 is 10.8 Å². The van der Waals surface area contributed by atoms with Crippen LogP contribution in [0.25, 0.3) is 0 Å². The maximum atomic E-state index is 14.0. The molecule has 0 unspecified atom stereocenters. The lowest BCUT2D eigenvalue weighted by atomic mass is 9.78. The van der Waals surface area contributed by atoms with Crippen molar-refractivity contribution in [3.8, 4) is 0 Å². The van der Waals surface area contributed by atoms with Gasteiger partial charge in [0.2, 0.25) is 0 Å². The number of carbonyl (C=O) groups excluding carboxylic acids is 1. The van der Waals surface area contributed by atoms with Crippen molar-refractivity contribution in [3.05, 3.63) is 65.0 Å². The Balaban J connectivity index is 1.77. The zero-order chi connectivity index (χ0) is 14.8. The zero-order valence-electron chi connectivity index (χ0n) is 11.2. The minimum Gasteiger partial charge on any atom is -0.423 e. The highest BCUT2D eigenvalue weighted by Gasteiger charge is 2.29. The van der Waals surface area contributed by atoms with Crippen molar-refractivity contribution in [2.45, 2.75) is 13.2 Å². The first-order chi connectivity index (χ1) is 10.1. The fourth-order valence-corrected chi connectivity index (χ4v) is 2.29. The molecule has 2 aromatic rings. The molecule has 0 atom stereocenters. The van der Waals surface area contributed by atoms with Crippen LogP contribution in [0.15, 0.2) is 42.5 Å². The first-order valence-electron chi connectivity index (χ1n) is 6.59. The molecule has 2 aromatic carbocycles. The smallest absolute Gasteiger partial charge is 0.423 e. The van der Waals surface area contributed by atoms with E-state index in [0.29, 0.717) is 17.6 Å². The third-order valence-corrected chi connectivity index (χ3v) is 3.43. The quantitative estimate of drug-likeness (QED) is 0.826. The molecule has 0 bridgehead atoms. The van der Waals surface area contributed by atoms with Gasteiger partial charge >= 0.3 is 7.12 Å². The highest BCUT2D eigenvalue weighted by Crippen LogP contribution is 2.15. The Bertz CT molecular complexity index is 678. The fraction of sp³-hybridized carbons (Fsp3) is 0.133. The number of nitrogens with one attached hydrogen (secondary N) is 1. The lowest BCUT2D eigenvalue weighted by Crippen LogP contribution is -2.31. The van der Waals surface area contributed by atoms with Gasteiger partial charge in [0.25, 0.3) is 5.91 Å². The largest absolute Gasteiger partial charge is 0.491 e. The first-order valence-corrected chi connectivity index (χ1v) is 6.59. The Morgan fingerprint density at radius 2 is 2.10 bits per heavy atom. The molecule has 1 aliphatic heterocycles. The number of benzene rings is 2. The van der Waals surface area contributed by atoms with Gasteiger partial charge in [0.05, 0.1) is 12.2 Å². The number of halogens is 1. The molecule has 1 amide bonds. The van der Waals surface area contributed by atoms with E-state index in [1.54, 1.807) is 0 Å². The molecule has 0 saturated heterocycles. The molecular formula is C15H13BFNO3. The monoisotopic (exact) mass is 285 g/mol. The second kappa shape index (κ2) is 5.67. The third-order valence-electron chi connectivity index (χ3n) is 3.43. The second-order valence-corrected chi connectivity index (χ2v) is 4.86. The predicted molar refractivity (Wildman–Crippen MR) is 76.4 cm³/mol. The number of fused-ring (bicyclic) bond motifs is 1. The predicted octanol–water partition coefficient (Wildman–Crippen LogP) is 0.973. The van der Waals surface area contributed by atoms with Gasteiger partial charge in [-0.15, -0.1) is 0 Å². The van der Waals surface area contributed by atoms with Crippen LogP contribution in [0.5, 0.6) is 0 Å². The lowest BCUT2D eigenvalue weighted by Gasteiger charge is -2.08. The molecule has 0 spiro atoms. The van der Waals surface area contributed by atoms with Crippen LogP contribution in [0.3, 0.4) is 0 Å². The average Bonchev–Trinajstić information content (AvgIpc) is 2.85. The molecule has 3 rings (SSSR count). The molecule has 0 fully saturated rings. The van der Waals surface area contributed by atoms with Crippen LogP contribution in [0.1, 0.15) is 21.5 Å². The number of carbonyl (C=O) groups is 1. The molecule has 6 heteroatoms. The van der Waals surface area contributed by atoms with Gasteiger partial charge in [-0.05, 0) is 28.7 Å². The van der Waals surface area contributed by atoms with E-state index in [1.807, 2.05) is 30.3 Å². The van der Waals surface area contributed by atoms with Crippen molar-refractivity contribution in [2.75, 3.05) is 0 Å². The number of hydrogen-bond donors (Lipinski definition) is 2. The van der Waals surface area contributed by atoms with Crippen molar-refractivity contribution in [3.63, 3.8) is 0 Å². The van der Waals surface area contributed by atoms with Gasteiger partial charge in [-0.3, -0.25) is 4.79 Å². The van der Waals surface area contributed by atoms with Crippen LogP contribution in [-0.4, -0.2) is 18.0 Å². The summed E-state index contributed by atoms with van der Waals surface area (Å²) >= 11 is 0. The SMILES string of the molecule is O=C(NCc1ccccc1)c1cc2c(cc1F)COB2O. The normalized spacial score (nSPS) is 13.1. The highest BCUT2D eigenvalue weighted by atomic mass is 19.1. The molecule has 0 radical (unpaired) electrons. The van der Waals surface area contributed by atoms with E-state index in [4.69, 9.17) is 4.65 Å². The summed E-state index contributed by atoms with van der Waals surface area (Å²) in [5, 5.41) is 12.3. The van der Waals surface area contributed by atoms with E-state index in [9.17, 15) is 14.2 Å². The average molecular weight is 285 g/mol. The molecule has 0 saturated carbocycles. The van der Waals surface area contributed by atoms with Crippen LogP contribution >= 0.6 is 0 Å². The summed E-state index contributed by atoms with van der Waals surface area (Å²) in [6.45, 7) is 0.467. The molecule has 0 aliphatic carbocycles. The Morgan fingerprint density at radius 3 is 2.86 bits per heavy atom. The maximum absolute atomic E-state index is 14.0. The number of amides is 1. The summed E-state index contributed by atoms with van der Waals surface area (Å²) < 4.78 is 18.9. The molecule has 1 heterocycles. The number of rotatable bonds is 3. The van der Waals surface area contributed by atoms with Crippen LogP contribution in [0, 0.1) is 5.82 Å². The Labute approximate surface area is 121 Å². The summed E-state index contributed by atoms with van der Waals surface area (Å²) in [6, 6.07) is 11.9. The minimum absolute atomic E-state index is 0.0887. The molecule has 0 aromatic heterocycles. The van der Waals surface area contributed by atoms with E-state index in [2.05, 4.69) is 5.32 Å². The summed E-state index contributed by atoms with van der Waals surface area (Å²) in [6.07, 6.45) is 0. The maximum Gasteiger partial charge on any atom is 0.491 e. The van der Waals surface area contributed by atoms with Crippen molar-refractivity contribution in [1.82, 2.24) is 5.32 Å². The molecule has 1 aliphatic rings. The van der Waals surface area contributed by atoms with E-state index in [1.165, 1.54) is 12.1 Å². The second-order valence-electron chi connectivity index (χ2n) is 4.86. The standard InChI is InChI=1S/C15H13BFNO3/c17-14-6-11-9-21-16(20)13(11)7-12(14)15(19)18-8-10-4-2-1-3-5-10/h1-7,20H,8-9H2,(H,18,19). The summed E-state index contributed by atoms with van der Waals surface area (Å²) in [5.41, 5.74) is 1.85. The van der Waals surface area contributed by atoms with E-state index in [0.717, 1.165) is 5.56 Å². The van der Waals surface area contributed by atoms with Crippen LogP contribution in [0.4, 0.5) is 4.39 Å². The lowest BCUT2D eigenvalue weighted by molar-refractivity contribution is 0.0947. The summed E-state index contributed by atoms with van der Waals surface area (Å²) in [5.74, 6) is -1.13. The van der Waals surface area contributed by atoms with Crippen molar-refractivity contribution in [1.29, 1.82) is 0 Å². The first kappa shape index (κ1) is 13.8. The molecule has 4 nitrogen and oxygen atoms in total. The third kappa shape index (κ3) is 2.81. The molecule has 21 heavy (non-hydrogen) atoms. The van der Waals surface area contributed by atoms with Gasteiger partial charge < -0.3 is 15.0 Å². The van der Waals surface area contributed by atoms with Crippen molar-refractivity contribution in [2.24, 2.45) is 0 Å². The van der Waals surface area contributed by atoms with Gasteiger partial charge in [0, 0.05) is 6.54 Å². The Kier molecular flexibility index (Phi) is 3.73. The highest BCUT2D eigenvalue weighted by molar-refractivity contribution is 6.61. The summed E-state index contributed by atoms with van der Waals surface area (Å²) in [7, 11) is -1.10. The van der Waals surface area contributed by atoms with E-state index >= 15 is 0 Å². The molecular weight excluding hydrogens is 272 g/mol. The zero-order valence-corrected chi connectivity index (χ0v) is 11.2. The van der Waals surface area contributed by atoms with Gasteiger partial charge in [-0.1, -0.05) is 30.3 Å². The molecule has 2 N–H and O–H groups in total. The fourth-order valence-electron chi connectivity index (χ4n) is 2.29. The minimum atomic E-state index is -1.10. The van der Waals surface area contributed by atoms with Gasteiger partial charge in [-0.2, -0.15) is 0 Å². The van der Waals surface area contributed by atoms with Gasteiger partial charge in [0.1, 0.15) is 5.82 Å². The van der Waals surface area contributed by atoms with E-state index in [-0.39, 0.29) is 12.2 Å². The van der Waals surface area contributed by atoms with Crippen molar-refractivity contribution < 1.29 is 18.9 Å². The molecule has 106 valence electrons.